The molecule has 0 radical (unpaired) electrons. The Morgan fingerprint density at radius 3 is 0.878 bits per heavy atom. The van der Waals surface area contributed by atoms with E-state index in [4.69, 9.17) is 71.7 Å². The zero-order valence-corrected chi connectivity index (χ0v) is 82.3. The van der Waals surface area contributed by atoms with Crippen molar-refractivity contribution in [3.05, 3.63) is 308 Å². The normalized spacial score (nSPS) is 14.1. The van der Waals surface area contributed by atoms with Crippen LogP contribution in [0.3, 0.4) is 0 Å². The molecule has 4 aliphatic rings. The standard InChI is InChI=1S/C23H18Cl2N4O.C23H26N4O.C23H25N3O2.C23H25N3O.C22H23N3O/c1-13-10-15(4-3-9-26)5-7-17(13)20-12-21(30)27-23-22(14(2)28-29(20)23)16-6-8-18(24)19(25)11-16;1-15-13-17(7-6-12-24)10-11-19(15)20-14-21(28)25-23-22(16(2)26-27(20)23)18-8-4-3-5-9-18;1-15-13-17(7-6-12-27)10-11-19(15)20-14-21(28)24-23-22(16(2)25-26(20)23)18-8-4-3-5-9-18;1-4-8-17-11-12-19(15(2)13-17)20-14-21(27)24-23-22(16(3)25-26(20)23)18-9-6-5-7-10-18;1-4-16-10-11-18(14(2)12-16)19-13-20(26)23-22-21(15(3)24-25(19)22)17-8-6-5-7-9-17/h5-8,10-12H,9,26H2,1-2H3,(H,27,30);10-11,13-14,18H,3-5,8-9,12,24H2,1-2H3,(H,25,28);10-11,13-14,18,27H,3-5,8-9,12H2,1-2H3,(H,24,28);11-14,18H,5-7,9-10H2,1-3H3,(H,24,27);1,10-13,17H,5-9H2,2-3H3,(H,23,26). The van der Waals surface area contributed by atoms with Crippen molar-refractivity contribution in [3.8, 4) is 127 Å². The molecule has 139 heavy (non-hydrogen) atoms. The summed E-state index contributed by atoms with van der Waals surface area (Å²) in [5.41, 5.74) is 44.1. The van der Waals surface area contributed by atoms with E-state index in [0.717, 1.165) is 181 Å². The number of aromatic amines is 5. The summed E-state index contributed by atoms with van der Waals surface area (Å²) in [5, 5.41) is 33.7. The van der Waals surface area contributed by atoms with E-state index in [1.165, 1.54) is 138 Å². The molecule has 4 aliphatic carbocycles. The number of aromatic nitrogens is 15. The summed E-state index contributed by atoms with van der Waals surface area (Å²) < 4.78 is 9.38. The number of aliphatic hydroxyl groups is 1. The smallest absolute Gasteiger partial charge is 0.251 e. The first-order chi connectivity index (χ1) is 67.2. The molecule has 23 nitrogen and oxygen atoms in total. The average molecular weight is 1890 g/mol. The minimum Gasteiger partial charge on any atom is -0.384 e. The van der Waals surface area contributed by atoms with E-state index in [-0.39, 0.29) is 34.4 Å². The number of terminal acetylenes is 1. The number of nitrogens with one attached hydrogen (secondary N) is 5. The molecule has 708 valence electrons. The number of aliphatic hydroxyl groups excluding tert-OH is 1. The number of halogens is 2. The molecular formula is C114H117Cl2N17O6. The number of rotatable bonds is 10. The molecule has 16 aromatic rings. The molecular weight excluding hydrogens is 1770 g/mol. The summed E-state index contributed by atoms with van der Waals surface area (Å²) in [5.74, 6) is 28.0. The van der Waals surface area contributed by atoms with E-state index in [2.05, 4.69) is 105 Å². The molecule has 6 aromatic carbocycles. The number of hydrogen-bond donors (Lipinski definition) is 8. The summed E-state index contributed by atoms with van der Waals surface area (Å²) in [7, 11) is 0. The van der Waals surface area contributed by atoms with Crippen LogP contribution < -0.4 is 39.3 Å². The third-order valence-corrected chi connectivity index (χ3v) is 28.1. The van der Waals surface area contributed by atoms with Crippen LogP contribution in [0.25, 0.3) is 95.6 Å². The maximum atomic E-state index is 12.5. The largest absolute Gasteiger partial charge is 0.384 e. The fraction of sp³-hybridized carbons (Fsp3) is 0.333. The van der Waals surface area contributed by atoms with Crippen molar-refractivity contribution in [1.82, 2.24) is 73.0 Å². The Labute approximate surface area is 818 Å². The molecule has 10 heterocycles. The van der Waals surface area contributed by atoms with Gasteiger partial charge in [-0.15, -0.1) is 12.3 Å². The summed E-state index contributed by atoms with van der Waals surface area (Å²) in [6.07, 6.45) is 30.0. The van der Waals surface area contributed by atoms with Crippen LogP contribution in [0.2, 0.25) is 10.0 Å². The SMILES string of the molecule is C#Cc1ccc(-c2cc(=O)[nH]c3c(C4CCCCC4)c(C)nn23)c(C)c1.CC#Cc1ccc(-c2cc(=O)[nH]c3c(C4CCCCC4)c(C)nn23)c(C)c1.Cc1cc(C#CCN)ccc1-c1cc(=O)[nH]c2c(-c3ccc(Cl)c(Cl)c3)c(C)nn12.Cc1cc(C#CCN)ccc1-c1cc(=O)[nH]c2c(C3CCCCC3)c(C)nn12.Cc1cc(C#CCO)ccc1-c1cc(=O)[nH]c2c(C3CCCCC3)c(C)nn12. The molecule has 0 saturated heterocycles. The van der Waals surface area contributed by atoms with Gasteiger partial charge in [-0.25, -0.2) is 22.6 Å². The van der Waals surface area contributed by atoms with Gasteiger partial charge in [0, 0.05) is 114 Å². The number of nitrogens with two attached hydrogens (primary N) is 2. The number of H-pyrrole nitrogens is 5. The number of nitrogens with zero attached hydrogens (tertiary/aromatic N) is 10. The van der Waals surface area contributed by atoms with Crippen molar-refractivity contribution < 1.29 is 5.11 Å². The molecule has 0 bridgehead atoms. The summed E-state index contributed by atoms with van der Waals surface area (Å²) in [4.78, 5) is 77.6. The van der Waals surface area contributed by atoms with Crippen LogP contribution in [0.4, 0.5) is 0 Å². The maximum Gasteiger partial charge on any atom is 0.251 e. The van der Waals surface area contributed by atoms with Gasteiger partial charge in [-0.2, -0.15) is 25.5 Å². The number of hydrogen-bond acceptors (Lipinski definition) is 13. The monoisotopic (exact) mass is 1890 g/mol. The molecule has 4 fully saturated rings. The zero-order chi connectivity index (χ0) is 98.0. The maximum absolute atomic E-state index is 12.5. The van der Waals surface area contributed by atoms with Gasteiger partial charge in [0.05, 0.1) is 80.1 Å². The van der Waals surface area contributed by atoms with Gasteiger partial charge >= 0.3 is 0 Å². The van der Waals surface area contributed by atoms with E-state index in [1.807, 2.05) is 164 Å². The van der Waals surface area contributed by atoms with Crippen molar-refractivity contribution in [2.24, 2.45) is 11.5 Å². The molecule has 0 unspecified atom stereocenters. The summed E-state index contributed by atoms with van der Waals surface area (Å²) in [6, 6.07) is 43.1. The fourth-order valence-electron chi connectivity index (χ4n) is 21.1. The Morgan fingerprint density at radius 1 is 0.338 bits per heavy atom. The topological polar surface area (TPSA) is 323 Å². The first kappa shape index (κ1) is 97.8. The van der Waals surface area contributed by atoms with Crippen LogP contribution in [0.5, 0.6) is 0 Å². The summed E-state index contributed by atoms with van der Waals surface area (Å²) >= 11 is 12.3. The molecule has 10 N–H and O–H groups in total. The lowest BCUT2D eigenvalue weighted by atomic mass is 9.84. The van der Waals surface area contributed by atoms with E-state index in [1.54, 1.807) is 47.0 Å². The fourth-order valence-corrected chi connectivity index (χ4v) is 21.4. The van der Waals surface area contributed by atoms with E-state index < -0.39 is 0 Å². The second-order valence-electron chi connectivity index (χ2n) is 37.0. The lowest BCUT2D eigenvalue weighted by Crippen LogP contribution is -2.12. The molecule has 0 amide bonds. The predicted octanol–water partition coefficient (Wildman–Crippen LogP) is 21.0. The average Bonchev–Trinajstić information content (AvgIpc) is 1.64. The highest BCUT2D eigenvalue weighted by Crippen LogP contribution is 2.44. The van der Waals surface area contributed by atoms with Crippen molar-refractivity contribution in [3.63, 3.8) is 0 Å². The van der Waals surface area contributed by atoms with Gasteiger partial charge in [0.1, 0.15) is 34.8 Å². The van der Waals surface area contributed by atoms with Gasteiger partial charge in [0.15, 0.2) is 0 Å². The van der Waals surface area contributed by atoms with Gasteiger partial charge in [0.2, 0.25) is 0 Å². The second kappa shape index (κ2) is 43.6. The van der Waals surface area contributed by atoms with Crippen LogP contribution in [0.15, 0.2) is 163 Å². The van der Waals surface area contributed by atoms with Crippen LogP contribution in [-0.2, 0) is 0 Å². The molecule has 0 spiro atoms. The quantitative estimate of drug-likeness (QED) is 0.0591. The molecule has 0 atom stereocenters. The van der Waals surface area contributed by atoms with Gasteiger partial charge < -0.3 is 41.5 Å². The van der Waals surface area contributed by atoms with E-state index in [0.29, 0.717) is 58.1 Å². The molecule has 20 rings (SSSR count). The lowest BCUT2D eigenvalue weighted by Gasteiger charge is -2.21. The highest BCUT2D eigenvalue weighted by Gasteiger charge is 2.31. The Morgan fingerprint density at radius 2 is 0.604 bits per heavy atom. The third kappa shape index (κ3) is 21.4. The van der Waals surface area contributed by atoms with Gasteiger partial charge in [-0.05, 0) is 257 Å². The zero-order valence-electron chi connectivity index (χ0n) is 80.8. The Bertz CT molecular complexity index is 7880. The molecule has 4 saturated carbocycles. The highest BCUT2D eigenvalue weighted by atomic mass is 35.5. The van der Waals surface area contributed by atoms with Crippen molar-refractivity contribution in [1.29, 1.82) is 0 Å². The predicted molar refractivity (Wildman–Crippen MR) is 559 cm³/mol. The third-order valence-electron chi connectivity index (χ3n) is 27.4. The summed E-state index contributed by atoms with van der Waals surface area (Å²) in [6.45, 7) is 22.5. The number of aryl methyl sites for hydroxylation is 10. The van der Waals surface area contributed by atoms with Gasteiger partial charge in [-0.3, -0.25) is 24.0 Å². The van der Waals surface area contributed by atoms with Gasteiger partial charge in [0.25, 0.3) is 27.8 Å². The number of fused-ring (bicyclic) bond motifs is 5. The van der Waals surface area contributed by atoms with Crippen molar-refractivity contribution >= 4 is 51.4 Å². The first-order valence-corrected chi connectivity index (χ1v) is 49.0. The lowest BCUT2D eigenvalue weighted by molar-refractivity contribution is 0.350. The highest BCUT2D eigenvalue weighted by molar-refractivity contribution is 6.42. The number of benzene rings is 6. The van der Waals surface area contributed by atoms with Gasteiger partial charge in [-0.1, -0.05) is 184 Å². The van der Waals surface area contributed by atoms with Crippen molar-refractivity contribution in [2.75, 3.05) is 19.7 Å². The van der Waals surface area contributed by atoms with Crippen LogP contribution in [0.1, 0.15) is 265 Å². The van der Waals surface area contributed by atoms with Crippen molar-refractivity contribution in [2.45, 2.75) is 228 Å². The van der Waals surface area contributed by atoms with Crippen LogP contribution in [0, 0.1) is 129 Å². The Balaban J connectivity index is 0.000000126. The second-order valence-corrected chi connectivity index (χ2v) is 37.8. The van der Waals surface area contributed by atoms with Crippen LogP contribution in [-0.4, -0.2) is 97.8 Å². The van der Waals surface area contributed by atoms with Crippen LogP contribution >= 0.6 is 23.2 Å². The first-order valence-electron chi connectivity index (χ1n) is 48.2. The van der Waals surface area contributed by atoms with E-state index >= 15 is 0 Å². The Kier molecular flexibility index (Phi) is 30.6. The minimum atomic E-state index is -0.217. The minimum absolute atomic E-state index is 0.0775. The van der Waals surface area contributed by atoms with E-state index in [9.17, 15) is 24.0 Å². The molecule has 0 aliphatic heterocycles. The molecule has 10 aromatic heterocycles. The molecule has 25 heteroatoms. The Hall–Kier alpha value is -14.3.